The SMILES string of the molecule is CCNc1nc(C)nc(NC2CC2c2ccccc2)c1C. The van der Waals surface area contributed by atoms with Crippen LogP contribution >= 0.6 is 0 Å². The quantitative estimate of drug-likeness (QED) is 0.881. The Labute approximate surface area is 126 Å². The summed E-state index contributed by atoms with van der Waals surface area (Å²) in [5, 5.41) is 6.88. The van der Waals surface area contributed by atoms with E-state index in [1.165, 1.54) is 12.0 Å². The molecule has 2 N–H and O–H groups in total. The van der Waals surface area contributed by atoms with Gasteiger partial charge in [0.2, 0.25) is 0 Å². The van der Waals surface area contributed by atoms with E-state index in [4.69, 9.17) is 0 Å². The summed E-state index contributed by atoms with van der Waals surface area (Å²) < 4.78 is 0. The Balaban J connectivity index is 1.75. The van der Waals surface area contributed by atoms with Gasteiger partial charge >= 0.3 is 0 Å². The van der Waals surface area contributed by atoms with E-state index in [1.807, 2.05) is 6.92 Å². The van der Waals surface area contributed by atoms with Crippen LogP contribution in [0.1, 0.15) is 36.2 Å². The summed E-state index contributed by atoms with van der Waals surface area (Å²) in [6.45, 7) is 6.95. The lowest BCUT2D eigenvalue weighted by Gasteiger charge is -2.13. The van der Waals surface area contributed by atoms with Crippen molar-refractivity contribution in [3.8, 4) is 0 Å². The molecule has 0 spiro atoms. The Bertz CT molecular complexity index is 624. The normalized spacial score (nSPS) is 20.1. The van der Waals surface area contributed by atoms with Crippen LogP contribution in [-0.4, -0.2) is 22.6 Å². The smallest absolute Gasteiger partial charge is 0.135 e. The van der Waals surface area contributed by atoms with Gasteiger partial charge in [0.1, 0.15) is 17.5 Å². The molecule has 21 heavy (non-hydrogen) atoms. The van der Waals surface area contributed by atoms with Crippen molar-refractivity contribution in [2.45, 2.75) is 39.2 Å². The van der Waals surface area contributed by atoms with Gasteiger partial charge in [-0.3, -0.25) is 0 Å². The molecule has 1 aliphatic carbocycles. The maximum atomic E-state index is 4.56. The second-order valence-electron chi connectivity index (χ2n) is 5.63. The van der Waals surface area contributed by atoms with E-state index >= 15 is 0 Å². The van der Waals surface area contributed by atoms with Crippen LogP contribution in [0.3, 0.4) is 0 Å². The Morgan fingerprint density at radius 2 is 1.81 bits per heavy atom. The molecule has 0 bridgehead atoms. The van der Waals surface area contributed by atoms with Gasteiger partial charge in [-0.2, -0.15) is 0 Å². The van der Waals surface area contributed by atoms with E-state index in [2.05, 4.69) is 64.8 Å². The standard InChI is InChI=1S/C17H22N4/c1-4-18-16-11(2)17(20-12(3)19-16)21-15-10-14(15)13-8-6-5-7-9-13/h5-9,14-15H,4,10H2,1-3H3,(H2,18,19,20,21). The molecule has 1 saturated carbocycles. The Morgan fingerprint density at radius 3 is 2.52 bits per heavy atom. The van der Waals surface area contributed by atoms with Crippen LogP contribution < -0.4 is 10.6 Å². The van der Waals surface area contributed by atoms with Crippen LogP contribution in [0.2, 0.25) is 0 Å². The number of nitrogens with one attached hydrogen (secondary N) is 2. The zero-order chi connectivity index (χ0) is 14.8. The molecule has 2 aromatic rings. The van der Waals surface area contributed by atoms with Crippen LogP contribution in [-0.2, 0) is 0 Å². The van der Waals surface area contributed by atoms with Gasteiger partial charge < -0.3 is 10.6 Å². The first-order chi connectivity index (χ1) is 10.2. The molecule has 0 radical (unpaired) electrons. The first-order valence-electron chi connectivity index (χ1n) is 7.59. The Hall–Kier alpha value is -2.10. The van der Waals surface area contributed by atoms with Crippen molar-refractivity contribution in [2.24, 2.45) is 0 Å². The topological polar surface area (TPSA) is 49.8 Å². The summed E-state index contributed by atoms with van der Waals surface area (Å²) in [4.78, 5) is 9.03. The predicted octanol–water partition coefficient (Wildman–Crippen LogP) is 3.49. The van der Waals surface area contributed by atoms with Crippen LogP contribution in [0.25, 0.3) is 0 Å². The lowest BCUT2D eigenvalue weighted by molar-refractivity contribution is 0.975. The minimum atomic E-state index is 0.481. The first kappa shape index (κ1) is 13.9. The zero-order valence-corrected chi connectivity index (χ0v) is 12.9. The number of hydrogen-bond donors (Lipinski definition) is 2. The van der Waals surface area contributed by atoms with Gasteiger partial charge in [-0.15, -0.1) is 0 Å². The van der Waals surface area contributed by atoms with Gasteiger partial charge in [-0.25, -0.2) is 9.97 Å². The number of anilines is 2. The summed E-state index contributed by atoms with van der Waals surface area (Å²) >= 11 is 0. The second-order valence-corrected chi connectivity index (χ2v) is 5.63. The fourth-order valence-electron chi connectivity index (χ4n) is 2.71. The average Bonchev–Trinajstić information content (AvgIpc) is 3.24. The third kappa shape index (κ3) is 2.99. The van der Waals surface area contributed by atoms with Gasteiger partial charge in [-0.1, -0.05) is 30.3 Å². The average molecular weight is 282 g/mol. The monoisotopic (exact) mass is 282 g/mol. The molecule has 1 aromatic carbocycles. The highest BCUT2D eigenvalue weighted by atomic mass is 15.1. The van der Waals surface area contributed by atoms with Crippen molar-refractivity contribution >= 4 is 11.6 Å². The summed E-state index contributed by atoms with van der Waals surface area (Å²) in [5.41, 5.74) is 2.51. The fourth-order valence-corrected chi connectivity index (χ4v) is 2.71. The van der Waals surface area contributed by atoms with Gasteiger partial charge in [0.05, 0.1) is 0 Å². The number of aromatic nitrogens is 2. The van der Waals surface area contributed by atoms with Crippen molar-refractivity contribution in [1.29, 1.82) is 0 Å². The molecular formula is C17H22N4. The molecule has 0 amide bonds. The highest BCUT2D eigenvalue weighted by molar-refractivity contribution is 5.58. The lowest BCUT2D eigenvalue weighted by Crippen LogP contribution is -2.12. The number of nitrogens with zero attached hydrogens (tertiary/aromatic N) is 2. The summed E-state index contributed by atoms with van der Waals surface area (Å²) in [7, 11) is 0. The van der Waals surface area contributed by atoms with Crippen LogP contribution in [0.15, 0.2) is 30.3 Å². The highest BCUT2D eigenvalue weighted by Gasteiger charge is 2.38. The number of rotatable bonds is 5. The van der Waals surface area contributed by atoms with Gasteiger partial charge in [0.15, 0.2) is 0 Å². The molecule has 1 aromatic heterocycles. The molecule has 4 nitrogen and oxygen atoms in total. The highest BCUT2D eigenvalue weighted by Crippen LogP contribution is 2.43. The number of aryl methyl sites for hydroxylation is 1. The van der Waals surface area contributed by atoms with Gasteiger partial charge in [0.25, 0.3) is 0 Å². The van der Waals surface area contributed by atoms with Crippen LogP contribution in [0.4, 0.5) is 11.6 Å². The number of hydrogen-bond acceptors (Lipinski definition) is 4. The summed E-state index contributed by atoms with van der Waals surface area (Å²) in [6, 6.07) is 11.2. The van der Waals surface area contributed by atoms with Crippen molar-refractivity contribution in [3.05, 3.63) is 47.3 Å². The largest absolute Gasteiger partial charge is 0.370 e. The Kier molecular flexibility index (Phi) is 3.78. The van der Waals surface area contributed by atoms with Crippen LogP contribution in [0, 0.1) is 13.8 Å². The Morgan fingerprint density at radius 1 is 1.10 bits per heavy atom. The molecule has 4 heteroatoms. The van der Waals surface area contributed by atoms with Crippen LogP contribution in [0.5, 0.6) is 0 Å². The molecule has 0 aliphatic heterocycles. The minimum Gasteiger partial charge on any atom is -0.370 e. The zero-order valence-electron chi connectivity index (χ0n) is 12.9. The van der Waals surface area contributed by atoms with E-state index in [0.29, 0.717) is 12.0 Å². The minimum absolute atomic E-state index is 0.481. The molecule has 1 fully saturated rings. The maximum absolute atomic E-state index is 4.56. The first-order valence-corrected chi connectivity index (χ1v) is 7.59. The van der Waals surface area contributed by atoms with Crippen molar-refractivity contribution in [1.82, 2.24) is 9.97 Å². The third-order valence-corrected chi connectivity index (χ3v) is 3.94. The third-order valence-electron chi connectivity index (χ3n) is 3.94. The fraction of sp³-hybridized carbons (Fsp3) is 0.412. The van der Waals surface area contributed by atoms with Crippen molar-refractivity contribution < 1.29 is 0 Å². The molecule has 2 atom stereocenters. The second kappa shape index (κ2) is 5.72. The van der Waals surface area contributed by atoms with Gasteiger partial charge in [-0.05, 0) is 32.8 Å². The summed E-state index contributed by atoms with van der Waals surface area (Å²) in [5.74, 6) is 3.30. The molecule has 3 rings (SSSR count). The van der Waals surface area contributed by atoms with Gasteiger partial charge in [0, 0.05) is 24.1 Å². The van der Waals surface area contributed by atoms with Crippen molar-refractivity contribution in [2.75, 3.05) is 17.2 Å². The molecule has 110 valence electrons. The van der Waals surface area contributed by atoms with E-state index in [1.54, 1.807) is 0 Å². The maximum Gasteiger partial charge on any atom is 0.135 e. The summed E-state index contributed by atoms with van der Waals surface area (Å²) in [6.07, 6.45) is 1.17. The van der Waals surface area contributed by atoms with E-state index in [0.717, 1.165) is 29.6 Å². The van der Waals surface area contributed by atoms with E-state index < -0.39 is 0 Å². The molecule has 2 unspecified atom stereocenters. The molecule has 0 saturated heterocycles. The molecule has 1 heterocycles. The van der Waals surface area contributed by atoms with E-state index in [9.17, 15) is 0 Å². The lowest BCUT2D eigenvalue weighted by atomic mass is 10.1. The molecule has 1 aliphatic rings. The predicted molar refractivity (Wildman–Crippen MR) is 86.9 cm³/mol. The molecular weight excluding hydrogens is 260 g/mol. The number of benzene rings is 1. The van der Waals surface area contributed by atoms with Crippen molar-refractivity contribution in [3.63, 3.8) is 0 Å². The van der Waals surface area contributed by atoms with E-state index in [-0.39, 0.29) is 0 Å².